The number of nitriles is 1. The van der Waals surface area contributed by atoms with Gasteiger partial charge in [-0.25, -0.2) is 0 Å². The molecule has 0 bridgehead atoms. The molecule has 1 aliphatic heterocycles. The van der Waals surface area contributed by atoms with Crippen LogP contribution in [0.2, 0.25) is 0 Å². The molecule has 1 unspecified atom stereocenters. The number of primary amides is 1. The van der Waals surface area contributed by atoms with Crippen molar-refractivity contribution in [2.75, 3.05) is 18.0 Å². The highest BCUT2D eigenvalue weighted by molar-refractivity contribution is 7.09. The highest BCUT2D eigenvalue weighted by Gasteiger charge is 2.14. The smallest absolute Gasteiger partial charge is 0.234 e. The van der Waals surface area contributed by atoms with Crippen molar-refractivity contribution in [1.29, 1.82) is 5.26 Å². The predicted molar refractivity (Wildman–Crippen MR) is 97.8 cm³/mol. The molecule has 1 fully saturated rings. The minimum absolute atomic E-state index is 0.446. The van der Waals surface area contributed by atoms with Crippen molar-refractivity contribution in [2.24, 2.45) is 11.5 Å². The summed E-state index contributed by atoms with van der Waals surface area (Å²) in [6, 6.07) is 13.4. The van der Waals surface area contributed by atoms with Crippen molar-refractivity contribution in [3.8, 4) is 6.07 Å². The summed E-state index contributed by atoms with van der Waals surface area (Å²) >= 11 is 1.58. The molecule has 1 amide bonds. The van der Waals surface area contributed by atoms with Crippen LogP contribution in [-0.4, -0.2) is 25.0 Å². The van der Waals surface area contributed by atoms with Gasteiger partial charge in [0, 0.05) is 24.4 Å². The molecule has 2 aromatic rings. The molecule has 0 radical (unpaired) electrons. The third kappa shape index (κ3) is 5.08. The average molecular weight is 342 g/mol. The van der Waals surface area contributed by atoms with Crippen LogP contribution < -0.4 is 16.4 Å². The number of benzene rings is 1. The van der Waals surface area contributed by atoms with E-state index in [4.69, 9.17) is 16.7 Å². The van der Waals surface area contributed by atoms with E-state index in [-0.39, 0.29) is 0 Å². The Morgan fingerprint density at radius 1 is 1.25 bits per heavy atom. The van der Waals surface area contributed by atoms with Gasteiger partial charge in [-0.05, 0) is 36.4 Å². The molecular weight excluding hydrogens is 320 g/mol. The van der Waals surface area contributed by atoms with Gasteiger partial charge in [-0.2, -0.15) is 5.26 Å². The summed E-state index contributed by atoms with van der Waals surface area (Å²) in [5.41, 5.74) is 12.3. The molecule has 24 heavy (non-hydrogen) atoms. The first kappa shape index (κ1) is 18.0. The summed E-state index contributed by atoms with van der Waals surface area (Å²) in [4.78, 5) is 13.9. The Labute approximate surface area is 146 Å². The third-order valence-corrected chi connectivity index (χ3v) is 4.74. The standard InChI is InChI=1S/C11H12N2.C7H10N2OS/c12-9-10-5-1-2-6-11(10)13-7-3-4-8-13;8-6(7(9)10)4-5-2-1-3-11-5/h1-2,5-6H,3-4,7-8H2;1-3,6H,4,8H2,(H2,9,10). The second-order valence-corrected chi connectivity index (χ2v) is 6.65. The summed E-state index contributed by atoms with van der Waals surface area (Å²) in [6.07, 6.45) is 3.05. The molecular formula is C18H22N4OS. The molecule has 1 aromatic carbocycles. The Balaban J connectivity index is 0.000000177. The van der Waals surface area contributed by atoms with E-state index in [0.717, 1.165) is 29.2 Å². The van der Waals surface area contributed by atoms with Crippen LogP contribution in [0.25, 0.3) is 0 Å². The zero-order chi connectivity index (χ0) is 17.4. The van der Waals surface area contributed by atoms with Gasteiger partial charge in [-0.3, -0.25) is 4.79 Å². The molecule has 3 rings (SSSR count). The van der Waals surface area contributed by atoms with Crippen LogP contribution in [0.1, 0.15) is 23.3 Å². The second kappa shape index (κ2) is 9.06. The van der Waals surface area contributed by atoms with Gasteiger partial charge in [-0.15, -0.1) is 11.3 Å². The van der Waals surface area contributed by atoms with E-state index in [1.54, 1.807) is 11.3 Å². The van der Waals surface area contributed by atoms with Crippen molar-refractivity contribution in [2.45, 2.75) is 25.3 Å². The summed E-state index contributed by atoms with van der Waals surface area (Å²) in [5, 5.41) is 10.8. The second-order valence-electron chi connectivity index (χ2n) is 5.62. The Bertz CT molecular complexity index is 687. The zero-order valence-electron chi connectivity index (χ0n) is 13.5. The molecule has 1 saturated heterocycles. The van der Waals surface area contributed by atoms with Crippen LogP contribution in [0.5, 0.6) is 0 Å². The number of carbonyl (C=O) groups is 1. The van der Waals surface area contributed by atoms with Gasteiger partial charge < -0.3 is 16.4 Å². The van der Waals surface area contributed by atoms with Crippen molar-refractivity contribution >= 4 is 22.9 Å². The fourth-order valence-corrected chi connectivity index (χ4v) is 3.31. The highest BCUT2D eigenvalue weighted by atomic mass is 32.1. The van der Waals surface area contributed by atoms with E-state index in [1.165, 1.54) is 12.8 Å². The quantitative estimate of drug-likeness (QED) is 0.891. The Hall–Kier alpha value is -2.36. The summed E-state index contributed by atoms with van der Waals surface area (Å²) < 4.78 is 0. The topological polar surface area (TPSA) is 96.1 Å². The molecule has 1 aromatic heterocycles. The molecule has 5 nitrogen and oxygen atoms in total. The van der Waals surface area contributed by atoms with Gasteiger partial charge >= 0.3 is 0 Å². The molecule has 1 aliphatic rings. The minimum atomic E-state index is -0.548. The van der Waals surface area contributed by atoms with Gasteiger partial charge in [-0.1, -0.05) is 18.2 Å². The van der Waals surface area contributed by atoms with Crippen LogP contribution in [0, 0.1) is 11.3 Å². The number of para-hydroxylation sites is 1. The molecule has 126 valence electrons. The maximum absolute atomic E-state index is 10.5. The predicted octanol–water partition coefficient (Wildman–Crippen LogP) is 2.26. The summed E-state index contributed by atoms with van der Waals surface area (Å²) in [7, 11) is 0. The van der Waals surface area contributed by atoms with Crippen LogP contribution >= 0.6 is 11.3 Å². The first-order chi connectivity index (χ1) is 11.6. The van der Waals surface area contributed by atoms with Crippen molar-refractivity contribution in [3.63, 3.8) is 0 Å². The molecule has 2 heterocycles. The monoisotopic (exact) mass is 342 g/mol. The van der Waals surface area contributed by atoms with Crippen molar-refractivity contribution < 1.29 is 4.79 Å². The number of nitrogens with two attached hydrogens (primary N) is 2. The number of rotatable bonds is 4. The third-order valence-electron chi connectivity index (χ3n) is 3.84. The van der Waals surface area contributed by atoms with Gasteiger partial charge in [0.25, 0.3) is 0 Å². The number of anilines is 1. The SMILES string of the molecule is N#Cc1ccccc1N1CCCC1.NC(=O)C(N)Cc1cccs1. The Kier molecular flexibility index (Phi) is 6.79. The fraction of sp³-hybridized carbons (Fsp3) is 0.333. The number of carbonyl (C=O) groups excluding carboxylic acids is 1. The first-order valence-corrected chi connectivity index (χ1v) is 8.81. The van der Waals surface area contributed by atoms with E-state index in [0.29, 0.717) is 6.42 Å². The van der Waals surface area contributed by atoms with Gasteiger partial charge in [0.1, 0.15) is 6.07 Å². The van der Waals surface area contributed by atoms with Gasteiger partial charge in [0.05, 0.1) is 17.3 Å². The molecule has 0 saturated carbocycles. The lowest BCUT2D eigenvalue weighted by molar-refractivity contribution is -0.119. The van der Waals surface area contributed by atoms with Crippen LogP contribution in [0.15, 0.2) is 41.8 Å². The minimum Gasteiger partial charge on any atom is -0.370 e. The van der Waals surface area contributed by atoms with Gasteiger partial charge in [0.2, 0.25) is 5.91 Å². The maximum atomic E-state index is 10.5. The zero-order valence-corrected chi connectivity index (χ0v) is 14.3. The van der Waals surface area contributed by atoms with E-state index in [1.807, 2.05) is 41.8 Å². The van der Waals surface area contributed by atoms with Crippen LogP contribution in [0.4, 0.5) is 5.69 Å². The van der Waals surface area contributed by atoms with E-state index >= 15 is 0 Å². The number of thiophene rings is 1. The van der Waals surface area contributed by atoms with Crippen molar-refractivity contribution in [1.82, 2.24) is 0 Å². The average Bonchev–Trinajstić information content (AvgIpc) is 3.29. The van der Waals surface area contributed by atoms with E-state index < -0.39 is 11.9 Å². The highest BCUT2D eigenvalue weighted by Crippen LogP contribution is 2.23. The molecule has 4 N–H and O–H groups in total. The lowest BCUT2D eigenvalue weighted by atomic mass is 10.2. The first-order valence-electron chi connectivity index (χ1n) is 7.93. The number of hydrogen-bond acceptors (Lipinski definition) is 5. The lowest BCUT2D eigenvalue weighted by Gasteiger charge is -2.18. The summed E-state index contributed by atoms with van der Waals surface area (Å²) in [6.45, 7) is 2.19. The number of hydrogen-bond donors (Lipinski definition) is 2. The molecule has 0 aliphatic carbocycles. The van der Waals surface area contributed by atoms with Gasteiger partial charge in [0.15, 0.2) is 0 Å². The van der Waals surface area contributed by atoms with Crippen molar-refractivity contribution in [3.05, 3.63) is 52.2 Å². The normalized spacial score (nSPS) is 14.4. The van der Waals surface area contributed by atoms with E-state index in [9.17, 15) is 4.79 Å². The Morgan fingerprint density at radius 3 is 2.54 bits per heavy atom. The van der Waals surface area contributed by atoms with Crippen LogP contribution in [-0.2, 0) is 11.2 Å². The van der Waals surface area contributed by atoms with E-state index in [2.05, 4.69) is 11.0 Å². The number of amides is 1. The molecule has 6 heteroatoms. The molecule has 0 spiro atoms. The lowest BCUT2D eigenvalue weighted by Crippen LogP contribution is -2.37. The Morgan fingerprint density at radius 2 is 1.96 bits per heavy atom. The molecule has 1 atom stereocenters. The summed E-state index contributed by atoms with van der Waals surface area (Å²) in [5.74, 6) is -0.446. The number of nitrogens with zero attached hydrogens (tertiary/aromatic N) is 2. The largest absolute Gasteiger partial charge is 0.370 e. The maximum Gasteiger partial charge on any atom is 0.234 e. The fourth-order valence-electron chi connectivity index (χ4n) is 2.55. The van der Waals surface area contributed by atoms with Crippen LogP contribution in [0.3, 0.4) is 0 Å².